The van der Waals surface area contributed by atoms with Gasteiger partial charge in [-0.3, -0.25) is 0 Å². The molecule has 6 heteroatoms. The molecular weight excluding hydrogens is 723 g/mol. The van der Waals surface area contributed by atoms with Gasteiger partial charge < -0.3 is 4.42 Å². The molecular formula is C53H33N5O. The Morgan fingerprint density at radius 1 is 0.271 bits per heavy atom. The molecule has 11 rings (SSSR count). The summed E-state index contributed by atoms with van der Waals surface area (Å²) in [7, 11) is 0. The van der Waals surface area contributed by atoms with Crippen molar-refractivity contribution in [2.45, 2.75) is 0 Å². The van der Waals surface area contributed by atoms with Crippen molar-refractivity contribution in [2.24, 2.45) is 0 Å². The molecule has 59 heavy (non-hydrogen) atoms. The Morgan fingerprint density at radius 3 is 1.20 bits per heavy atom. The minimum Gasteiger partial charge on any atom is -0.436 e. The summed E-state index contributed by atoms with van der Waals surface area (Å²) in [4.78, 5) is 24.5. The van der Waals surface area contributed by atoms with Gasteiger partial charge in [-0.15, -0.1) is 0 Å². The van der Waals surface area contributed by atoms with Gasteiger partial charge in [0.25, 0.3) is 0 Å². The maximum absolute atomic E-state index is 6.10. The number of hydrogen-bond acceptors (Lipinski definition) is 6. The van der Waals surface area contributed by atoms with E-state index in [0.717, 1.165) is 83.2 Å². The van der Waals surface area contributed by atoms with Crippen LogP contribution < -0.4 is 0 Å². The first kappa shape index (κ1) is 34.2. The summed E-state index contributed by atoms with van der Waals surface area (Å²) in [6.07, 6.45) is 0. The third-order valence-corrected chi connectivity index (χ3v) is 10.8. The number of fused-ring (bicyclic) bond motifs is 4. The van der Waals surface area contributed by atoms with Crippen LogP contribution in [0.4, 0.5) is 0 Å². The highest BCUT2D eigenvalue weighted by Gasteiger charge is 2.15. The van der Waals surface area contributed by atoms with E-state index in [1.807, 2.05) is 66.7 Å². The van der Waals surface area contributed by atoms with Crippen LogP contribution in [0.3, 0.4) is 0 Å². The molecule has 3 heterocycles. The molecule has 0 radical (unpaired) electrons. The molecule has 0 bridgehead atoms. The first-order valence-corrected chi connectivity index (χ1v) is 19.6. The molecule has 0 aliphatic carbocycles. The number of hydrogen-bond donors (Lipinski definition) is 0. The van der Waals surface area contributed by atoms with Crippen LogP contribution in [0, 0.1) is 0 Å². The van der Waals surface area contributed by atoms with Gasteiger partial charge in [-0.25, -0.2) is 24.9 Å². The summed E-state index contributed by atoms with van der Waals surface area (Å²) >= 11 is 0. The Balaban J connectivity index is 0.866. The Hall–Kier alpha value is -8.09. The minimum absolute atomic E-state index is 0.553. The molecule has 0 saturated carbocycles. The Kier molecular flexibility index (Phi) is 8.37. The first-order valence-electron chi connectivity index (χ1n) is 19.6. The van der Waals surface area contributed by atoms with E-state index in [1.54, 1.807) is 0 Å². The largest absolute Gasteiger partial charge is 0.436 e. The van der Waals surface area contributed by atoms with Crippen LogP contribution in [0.2, 0.25) is 0 Å². The van der Waals surface area contributed by atoms with Gasteiger partial charge in [0.05, 0.1) is 11.0 Å². The van der Waals surface area contributed by atoms with E-state index in [2.05, 4.69) is 133 Å². The number of nitrogens with zero attached hydrogens (tertiary/aromatic N) is 5. The van der Waals surface area contributed by atoms with Gasteiger partial charge in [0.15, 0.2) is 17.5 Å². The number of furan rings is 1. The number of benzene rings is 8. The lowest BCUT2D eigenvalue weighted by Crippen LogP contribution is -2.00. The van der Waals surface area contributed by atoms with E-state index in [1.165, 1.54) is 5.56 Å². The normalized spacial score (nSPS) is 11.4. The lowest BCUT2D eigenvalue weighted by atomic mass is 9.96. The second-order valence-corrected chi connectivity index (χ2v) is 14.5. The zero-order valence-electron chi connectivity index (χ0n) is 31.7. The predicted molar refractivity (Wildman–Crippen MR) is 238 cm³/mol. The van der Waals surface area contributed by atoms with Gasteiger partial charge in [-0.05, 0) is 74.8 Å². The highest BCUT2D eigenvalue weighted by atomic mass is 16.3. The number of aromatic nitrogens is 5. The van der Waals surface area contributed by atoms with Crippen molar-refractivity contribution >= 4 is 33.2 Å². The molecule has 0 fully saturated rings. The van der Waals surface area contributed by atoms with Crippen molar-refractivity contribution in [2.75, 3.05) is 0 Å². The topological polar surface area (TPSA) is 77.6 Å². The number of rotatable bonds is 7. The average molecular weight is 756 g/mol. The molecule has 0 N–H and O–H groups in total. The van der Waals surface area contributed by atoms with E-state index in [-0.39, 0.29) is 0 Å². The third-order valence-electron chi connectivity index (χ3n) is 10.8. The highest BCUT2D eigenvalue weighted by molar-refractivity contribution is 6.05. The van der Waals surface area contributed by atoms with Crippen LogP contribution in [0.1, 0.15) is 0 Å². The molecule has 276 valence electrons. The standard InChI is InChI=1S/C53H33N5O/c1-3-10-34(11-4-1)35-22-26-40(27-23-35)51-56-50(39-12-5-2-6-13-39)57-52(58-51)41-28-24-37(25-29-41)36-18-20-38(21-19-36)42-14-9-15-43(32-42)44-30-31-48-45(33-44)49-53(59-48)55-47-17-8-7-16-46(47)54-49/h1-33H. The van der Waals surface area contributed by atoms with Crippen LogP contribution >= 0.6 is 0 Å². The van der Waals surface area contributed by atoms with Gasteiger partial charge in [0.1, 0.15) is 11.1 Å². The summed E-state index contributed by atoms with van der Waals surface area (Å²) < 4.78 is 6.10. The van der Waals surface area contributed by atoms with Crippen molar-refractivity contribution in [3.63, 3.8) is 0 Å². The van der Waals surface area contributed by atoms with Crippen LogP contribution in [-0.4, -0.2) is 24.9 Å². The first-order chi connectivity index (χ1) is 29.2. The highest BCUT2D eigenvalue weighted by Crippen LogP contribution is 2.35. The van der Waals surface area contributed by atoms with Gasteiger partial charge in [-0.1, -0.05) is 170 Å². The molecule has 0 saturated heterocycles. The summed E-state index contributed by atoms with van der Waals surface area (Å²) in [5, 5.41) is 0.956. The SMILES string of the molecule is c1ccc(-c2ccc(-c3nc(-c4ccccc4)nc(-c4ccc(-c5ccc(-c6cccc(-c7ccc8oc9nc%10ccccc%10nc9c8c7)c6)cc5)cc4)n3)cc2)cc1. The van der Waals surface area contributed by atoms with E-state index in [0.29, 0.717) is 23.2 Å². The zero-order chi connectivity index (χ0) is 39.1. The predicted octanol–water partition coefficient (Wildman–Crippen LogP) is 13.4. The molecule has 0 unspecified atom stereocenters. The smallest absolute Gasteiger partial charge is 0.246 e. The maximum Gasteiger partial charge on any atom is 0.246 e. The fourth-order valence-corrected chi connectivity index (χ4v) is 7.66. The van der Waals surface area contributed by atoms with Crippen LogP contribution in [-0.2, 0) is 0 Å². The van der Waals surface area contributed by atoms with Gasteiger partial charge in [0, 0.05) is 22.1 Å². The average Bonchev–Trinajstić information content (AvgIpc) is 3.68. The Morgan fingerprint density at radius 2 is 0.644 bits per heavy atom. The fourth-order valence-electron chi connectivity index (χ4n) is 7.66. The van der Waals surface area contributed by atoms with Crippen molar-refractivity contribution in [1.82, 2.24) is 24.9 Å². The van der Waals surface area contributed by atoms with E-state index in [4.69, 9.17) is 29.3 Å². The Labute approximate surface area is 340 Å². The fraction of sp³-hybridized carbons (Fsp3) is 0. The summed E-state index contributed by atoms with van der Waals surface area (Å²) in [6, 6.07) is 68.8. The quantitative estimate of drug-likeness (QED) is 0.161. The van der Waals surface area contributed by atoms with Crippen molar-refractivity contribution < 1.29 is 4.42 Å². The molecule has 0 amide bonds. The molecule has 0 spiro atoms. The molecule has 3 aromatic heterocycles. The van der Waals surface area contributed by atoms with Crippen LogP contribution in [0.25, 0.3) is 112 Å². The summed E-state index contributed by atoms with van der Waals surface area (Å²) in [5.74, 6) is 1.90. The van der Waals surface area contributed by atoms with Gasteiger partial charge in [-0.2, -0.15) is 0 Å². The second kappa shape index (κ2) is 14.4. The Bertz CT molecular complexity index is 3290. The van der Waals surface area contributed by atoms with Gasteiger partial charge in [0.2, 0.25) is 5.71 Å². The zero-order valence-corrected chi connectivity index (χ0v) is 31.7. The molecule has 6 nitrogen and oxygen atoms in total. The van der Waals surface area contributed by atoms with Crippen molar-refractivity contribution in [3.05, 3.63) is 200 Å². The molecule has 0 aliphatic heterocycles. The van der Waals surface area contributed by atoms with E-state index < -0.39 is 0 Å². The maximum atomic E-state index is 6.10. The van der Waals surface area contributed by atoms with Gasteiger partial charge >= 0.3 is 0 Å². The second-order valence-electron chi connectivity index (χ2n) is 14.5. The minimum atomic E-state index is 0.553. The number of para-hydroxylation sites is 2. The molecule has 8 aromatic carbocycles. The molecule has 0 aliphatic rings. The lowest BCUT2D eigenvalue weighted by Gasteiger charge is -2.10. The summed E-state index contributed by atoms with van der Waals surface area (Å²) in [5.41, 5.74) is 15.6. The van der Waals surface area contributed by atoms with Crippen LogP contribution in [0.5, 0.6) is 0 Å². The van der Waals surface area contributed by atoms with Crippen molar-refractivity contribution in [1.29, 1.82) is 0 Å². The van der Waals surface area contributed by atoms with Crippen LogP contribution in [0.15, 0.2) is 205 Å². The summed E-state index contributed by atoms with van der Waals surface area (Å²) in [6.45, 7) is 0. The monoisotopic (exact) mass is 755 g/mol. The molecule has 11 aromatic rings. The van der Waals surface area contributed by atoms with E-state index in [9.17, 15) is 0 Å². The third kappa shape index (κ3) is 6.58. The molecule has 0 atom stereocenters. The van der Waals surface area contributed by atoms with Crippen molar-refractivity contribution in [3.8, 4) is 78.7 Å². The van der Waals surface area contributed by atoms with E-state index >= 15 is 0 Å². The lowest BCUT2D eigenvalue weighted by molar-refractivity contribution is 0.655.